The zero-order valence-corrected chi connectivity index (χ0v) is 11.6. The SMILES string of the molecule is CC(O[Si](C)(C)C(C)(C)C)C(N)C(N)=O. The van der Waals surface area contributed by atoms with Crippen LogP contribution in [0.2, 0.25) is 18.1 Å². The lowest BCUT2D eigenvalue weighted by atomic mass is 10.2. The maximum atomic E-state index is 10.9. The Morgan fingerprint density at radius 3 is 2.00 bits per heavy atom. The minimum absolute atomic E-state index is 0.110. The minimum Gasteiger partial charge on any atom is -0.412 e. The van der Waals surface area contributed by atoms with Gasteiger partial charge in [0.25, 0.3) is 0 Å². The van der Waals surface area contributed by atoms with Gasteiger partial charge >= 0.3 is 0 Å². The van der Waals surface area contributed by atoms with Crippen LogP contribution >= 0.6 is 0 Å². The van der Waals surface area contributed by atoms with Crippen LogP contribution in [0.3, 0.4) is 0 Å². The summed E-state index contributed by atoms with van der Waals surface area (Å²) in [5.74, 6) is -0.513. The second-order valence-corrected chi connectivity index (χ2v) is 10.3. The molecule has 0 aliphatic carbocycles. The topological polar surface area (TPSA) is 78.3 Å². The van der Waals surface area contributed by atoms with E-state index in [9.17, 15) is 4.79 Å². The average molecular weight is 232 g/mol. The molecule has 15 heavy (non-hydrogen) atoms. The van der Waals surface area contributed by atoms with E-state index in [-0.39, 0.29) is 11.1 Å². The number of hydrogen-bond acceptors (Lipinski definition) is 3. The van der Waals surface area contributed by atoms with Crippen molar-refractivity contribution in [1.29, 1.82) is 0 Å². The summed E-state index contributed by atoms with van der Waals surface area (Å²) < 4.78 is 5.94. The van der Waals surface area contributed by atoms with Crippen molar-refractivity contribution in [1.82, 2.24) is 0 Å². The molecule has 0 fully saturated rings. The van der Waals surface area contributed by atoms with Crippen LogP contribution in [0, 0.1) is 0 Å². The van der Waals surface area contributed by atoms with E-state index in [0.717, 1.165) is 0 Å². The molecule has 0 aromatic rings. The maximum Gasteiger partial charge on any atom is 0.236 e. The molecule has 0 aliphatic rings. The molecule has 1 amide bonds. The molecular formula is C10H24N2O2Si. The molecule has 2 atom stereocenters. The van der Waals surface area contributed by atoms with E-state index in [4.69, 9.17) is 15.9 Å². The summed E-state index contributed by atoms with van der Waals surface area (Å²) in [5, 5.41) is 0.110. The lowest BCUT2D eigenvalue weighted by Gasteiger charge is -2.39. The van der Waals surface area contributed by atoms with Crippen molar-refractivity contribution in [2.75, 3.05) is 0 Å². The molecule has 0 aromatic heterocycles. The molecule has 0 spiro atoms. The molecule has 0 aromatic carbocycles. The van der Waals surface area contributed by atoms with Gasteiger partial charge in [-0.15, -0.1) is 0 Å². The van der Waals surface area contributed by atoms with Gasteiger partial charge in [-0.1, -0.05) is 20.8 Å². The molecule has 2 unspecified atom stereocenters. The van der Waals surface area contributed by atoms with Crippen molar-refractivity contribution < 1.29 is 9.22 Å². The van der Waals surface area contributed by atoms with Gasteiger partial charge in [-0.2, -0.15) is 0 Å². The monoisotopic (exact) mass is 232 g/mol. The van der Waals surface area contributed by atoms with E-state index in [1.54, 1.807) is 6.92 Å². The van der Waals surface area contributed by atoms with E-state index in [1.807, 2.05) is 0 Å². The number of nitrogens with two attached hydrogens (primary N) is 2. The Bertz CT molecular complexity index is 236. The first-order valence-corrected chi connectivity index (χ1v) is 8.12. The fraction of sp³-hybridized carbons (Fsp3) is 0.900. The predicted molar refractivity (Wildman–Crippen MR) is 64.9 cm³/mol. The van der Waals surface area contributed by atoms with Gasteiger partial charge in [0, 0.05) is 0 Å². The Hall–Kier alpha value is -0.393. The van der Waals surface area contributed by atoms with E-state index in [2.05, 4.69) is 33.9 Å². The fourth-order valence-corrected chi connectivity index (χ4v) is 2.38. The summed E-state index contributed by atoms with van der Waals surface area (Å²) in [4.78, 5) is 10.9. The van der Waals surface area contributed by atoms with E-state index >= 15 is 0 Å². The molecule has 0 rings (SSSR count). The fourth-order valence-electron chi connectivity index (χ4n) is 0.946. The average Bonchev–Trinajstić information content (AvgIpc) is 1.99. The molecule has 0 heterocycles. The molecule has 4 nitrogen and oxygen atoms in total. The van der Waals surface area contributed by atoms with E-state index < -0.39 is 20.3 Å². The summed E-state index contributed by atoms with van der Waals surface area (Å²) >= 11 is 0. The van der Waals surface area contributed by atoms with Crippen molar-refractivity contribution in [2.45, 2.75) is 58.0 Å². The largest absolute Gasteiger partial charge is 0.412 e. The number of carbonyl (C=O) groups is 1. The molecule has 0 aliphatic heterocycles. The van der Waals surface area contributed by atoms with Gasteiger partial charge in [-0.3, -0.25) is 4.79 Å². The highest BCUT2D eigenvalue weighted by Gasteiger charge is 2.39. The third-order valence-corrected chi connectivity index (χ3v) is 7.69. The smallest absolute Gasteiger partial charge is 0.236 e. The highest BCUT2D eigenvalue weighted by Crippen LogP contribution is 2.37. The maximum absolute atomic E-state index is 10.9. The van der Waals surface area contributed by atoms with Gasteiger partial charge in [0.2, 0.25) is 5.91 Å². The number of primary amides is 1. The summed E-state index contributed by atoms with van der Waals surface area (Å²) in [6.07, 6.45) is -0.316. The zero-order chi connectivity index (χ0) is 12.4. The van der Waals surface area contributed by atoms with Gasteiger partial charge in [0.15, 0.2) is 8.32 Å². The summed E-state index contributed by atoms with van der Waals surface area (Å²) in [7, 11) is -1.86. The highest BCUT2D eigenvalue weighted by molar-refractivity contribution is 6.74. The predicted octanol–water partition coefficient (Wildman–Crippen LogP) is 1.21. The lowest BCUT2D eigenvalue weighted by molar-refractivity contribution is -0.121. The van der Waals surface area contributed by atoms with Crippen LogP contribution in [0.15, 0.2) is 0 Å². The van der Waals surface area contributed by atoms with Gasteiger partial charge in [-0.05, 0) is 25.1 Å². The Morgan fingerprint density at radius 2 is 1.73 bits per heavy atom. The third-order valence-electron chi connectivity index (χ3n) is 3.12. The minimum atomic E-state index is -1.86. The Balaban J connectivity index is 4.54. The quantitative estimate of drug-likeness (QED) is 0.715. The second-order valence-electron chi connectivity index (χ2n) is 5.51. The van der Waals surface area contributed by atoms with Gasteiger partial charge < -0.3 is 15.9 Å². The van der Waals surface area contributed by atoms with E-state index in [1.165, 1.54) is 0 Å². The zero-order valence-electron chi connectivity index (χ0n) is 10.6. The van der Waals surface area contributed by atoms with Crippen LogP contribution in [-0.2, 0) is 9.22 Å². The molecular weight excluding hydrogens is 208 g/mol. The van der Waals surface area contributed by atoms with Crippen molar-refractivity contribution in [3.63, 3.8) is 0 Å². The van der Waals surface area contributed by atoms with Crippen LogP contribution in [0.5, 0.6) is 0 Å². The van der Waals surface area contributed by atoms with Gasteiger partial charge in [-0.25, -0.2) is 0 Å². The van der Waals surface area contributed by atoms with Crippen LogP contribution in [0.25, 0.3) is 0 Å². The number of rotatable bonds is 4. The van der Waals surface area contributed by atoms with E-state index in [0.29, 0.717) is 0 Å². The van der Waals surface area contributed by atoms with Crippen molar-refractivity contribution in [3.05, 3.63) is 0 Å². The van der Waals surface area contributed by atoms with Crippen LogP contribution in [0.1, 0.15) is 27.7 Å². The second kappa shape index (κ2) is 4.63. The van der Waals surface area contributed by atoms with Crippen LogP contribution < -0.4 is 11.5 Å². The Morgan fingerprint density at radius 1 is 1.33 bits per heavy atom. The Labute approximate surface area is 93.5 Å². The highest BCUT2D eigenvalue weighted by atomic mass is 28.4. The van der Waals surface area contributed by atoms with Crippen molar-refractivity contribution in [2.24, 2.45) is 11.5 Å². The first kappa shape index (κ1) is 14.6. The summed E-state index contributed by atoms with van der Waals surface area (Å²) in [5.41, 5.74) is 10.8. The van der Waals surface area contributed by atoms with Gasteiger partial charge in [0.05, 0.1) is 6.10 Å². The number of amides is 1. The van der Waals surface area contributed by atoms with Crippen molar-refractivity contribution in [3.8, 4) is 0 Å². The molecule has 5 heteroatoms. The molecule has 90 valence electrons. The van der Waals surface area contributed by atoms with Gasteiger partial charge in [0.1, 0.15) is 6.04 Å². The molecule has 0 bridgehead atoms. The van der Waals surface area contributed by atoms with Crippen molar-refractivity contribution >= 4 is 14.2 Å². The number of hydrogen-bond donors (Lipinski definition) is 2. The third kappa shape index (κ3) is 3.93. The first-order valence-electron chi connectivity index (χ1n) is 5.22. The molecule has 4 N–H and O–H groups in total. The normalized spacial score (nSPS) is 17.3. The summed E-state index contributed by atoms with van der Waals surface area (Å²) in [6.45, 7) is 12.5. The van der Waals surface area contributed by atoms with Crippen LogP contribution in [0.4, 0.5) is 0 Å². The number of carbonyl (C=O) groups excluding carboxylic acids is 1. The Kier molecular flexibility index (Phi) is 4.51. The van der Waals surface area contributed by atoms with Crippen LogP contribution in [-0.4, -0.2) is 26.4 Å². The summed E-state index contributed by atoms with van der Waals surface area (Å²) in [6, 6.07) is -0.723. The molecule has 0 radical (unpaired) electrons. The lowest BCUT2D eigenvalue weighted by Crippen LogP contribution is -2.52. The first-order chi connectivity index (χ1) is 6.49. The molecule has 0 saturated carbocycles. The standard InChI is InChI=1S/C10H24N2O2Si/c1-7(8(11)9(12)13)14-15(5,6)10(2,3)4/h7-8H,11H2,1-6H3,(H2,12,13). The molecule has 0 saturated heterocycles.